The zero-order valence-electron chi connectivity index (χ0n) is 26.0. The molecule has 1 atom stereocenters. The molecular weight excluding hydrogens is 608 g/mol. The average Bonchev–Trinajstić information content (AvgIpc) is 3.50. The third-order valence-electron chi connectivity index (χ3n) is 8.44. The zero-order chi connectivity index (χ0) is 33.0. The Labute approximate surface area is 267 Å². The standard InChI is InChI=1S/C33H31F2N9O3/c1-5-28(45)41-8-9-43(19(4)14-41)31-24-12-26(35)30-23-11-22(6-7-25(23)34)47-17-21-16-42(40-39-21)15-20-10-27(29(18(2)3)36-13-20)44(32(24)37-30)33(46)38-31/h5-7,10-13,16,18-19H,1,8-9,14-15,17H2,2-4H3/t19-/m0/s1. The number of aromatic nitrogens is 7. The number of hydrogen-bond donors (Lipinski definition) is 0. The Morgan fingerprint density at radius 2 is 1.96 bits per heavy atom. The Hall–Kier alpha value is -5.53. The van der Waals surface area contributed by atoms with Gasteiger partial charge in [-0.25, -0.2) is 27.8 Å². The van der Waals surface area contributed by atoms with Crippen molar-refractivity contribution in [1.82, 2.24) is 39.4 Å². The van der Waals surface area contributed by atoms with Crippen molar-refractivity contribution < 1.29 is 18.3 Å². The van der Waals surface area contributed by atoms with E-state index in [2.05, 4.69) is 26.9 Å². The summed E-state index contributed by atoms with van der Waals surface area (Å²) in [4.78, 5) is 43.9. The molecule has 0 unspecified atom stereocenters. The molecule has 14 heteroatoms. The first-order valence-corrected chi connectivity index (χ1v) is 15.2. The summed E-state index contributed by atoms with van der Waals surface area (Å²) >= 11 is 0. The SMILES string of the molecule is C=CC(=O)N1CCN(c2nc(=O)n3c4nc(c(F)cc24)-c2cc(ccc2F)OCc2cn(nn2)Cc2cnc(C(C)C)c-3c2)[C@@H](C)C1. The largest absolute Gasteiger partial charge is 0.487 e. The van der Waals surface area contributed by atoms with Gasteiger partial charge in [0.25, 0.3) is 0 Å². The first-order valence-electron chi connectivity index (χ1n) is 15.2. The molecule has 240 valence electrons. The predicted molar refractivity (Wildman–Crippen MR) is 169 cm³/mol. The number of ether oxygens (including phenoxy) is 1. The molecule has 2 aliphatic heterocycles. The molecule has 12 nitrogen and oxygen atoms in total. The molecule has 0 spiro atoms. The normalized spacial score (nSPS) is 16.1. The third-order valence-corrected chi connectivity index (χ3v) is 8.44. The van der Waals surface area contributed by atoms with Crippen LogP contribution in [0.25, 0.3) is 28.0 Å². The quantitative estimate of drug-likeness (QED) is 0.270. The Balaban J connectivity index is 1.52. The minimum atomic E-state index is -0.810. The number of benzene rings is 1. The molecule has 7 rings (SSSR count). The van der Waals surface area contributed by atoms with Crippen LogP contribution in [0.5, 0.6) is 5.75 Å². The van der Waals surface area contributed by atoms with Crippen molar-refractivity contribution in [3.63, 3.8) is 0 Å². The summed E-state index contributed by atoms with van der Waals surface area (Å²) in [7, 11) is 0. The molecule has 4 aromatic heterocycles. The number of piperazine rings is 1. The monoisotopic (exact) mass is 639 g/mol. The first kappa shape index (κ1) is 30.1. The van der Waals surface area contributed by atoms with E-state index < -0.39 is 17.3 Å². The van der Waals surface area contributed by atoms with Gasteiger partial charge in [0.1, 0.15) is 41.2 Å². The molecule has 0 aliphatic carbocycles. The maximum absolute atomic E-state index is 16.2. The van der Waals surface area contributed by atoms with E-state index in [1.54, 1.807) is 22.0 Å². The lowest BCUT2D eigenvalue weighted by molar-refractivity contribution is -0.126. The number of carbonyl (C=O) groups excluding carboxylic acids is 1. The highest BCUT2D eigenvalue weighted by molar-refractivity contribution is 5.91. The van der Waals surface area contributed by atoms with E-state index in [0.29, 0.717) is 48.8 Å². The highest BCUT2D eigenvalue weighted by Gasteiger charge is 2.31. The Morgan fingerprint density at radius 3 is 2.72 bits per heavy atom. The highest BCUT2D eigenvalue weighted by Crippen LogP contribution is 2.35. The van der Waals surface area contributed by atoms with Crippen LogP contribution in [0.15, 0.2) is 60.2 Å². The summed E-state index contributed by atoms with van der Waals surface area (Å²) < 4.78 is 40.4. The molecule has 6 heterocycles. The lowest BCUT2D eigenvalue weighted by Crippen LogP contribution is -2.54. The molecule has 2 aliphatic rings. The van der Waals surface area contributed by atoms with Crippen LogP contribution in [-0.2, 0) is 17.9 Å². The van der Waals surface area contributed by atoms with Crippen molar-refractivity contribution in [3.05, 3.63) is 94.5 Å². The van der Waals surface area contributed by atoms with Crippen LogP contribution in [-0.4, -0.2) is 71.0 Å². The fourth-order valence-corrected chi connectivity index (χ4v) is 6.15. The van der Waals surface area contributed by atoms with Crippen LogP contribution in [0.3, 0.4) is 0 Å². The second-order valence-electron chi connectivity index (χ2n) is 12.0. The van der Waals surface area contributed by atoms with Crippen LogP contribution in [0, 0.1) is 11.6 Å². The van der Waals surface area contributed by atoms with Crippen LogP contribution in [0.1, 0.15) is 43.6 Å². The van der Waals surface area contributed by atoms with Crippen LogP contribution in [0.2, 0.25) is 0 Å². The number of pyridine rings is 2. The van der Waals surface area contributed by atoms with Gasteiger partial charge in [-0.15, -0.1) is 5.10 Å². The second kappa shape index (κ2) is 11.7. The predicted octanol–water partition coefficient (Wildman–Crippen LogP) is 4.00. The van der Waals surface area contributed by atoms with Gasteiger partial charge in [0, 0.05) is 37.4 Å². The number of anilines is 1. The fourth-order valence-electron chi connectivity index (χ4n) is 6.15. The van der Waals surface area contributed by atoms with E-state index in [-0.39, 0.29) is 58.3 Å². The molecule has 1 saturated heterocycles. The maximum atomic E-state index is 16.2. The highest BCUT2D eigenvalue weighted by atomic mass is 19.1. The van der Waals surface area contributed by atoms with Gasteiger partial charge < -0.3 is 14.5 Å². The summed E-state index contributed by atoms with van der Waals surface area (Å²) in [6.45, 7) is 10.7. The number of amides is 1. The number of carbonyl (C=O) groups is 1. The van der Waals surface area contributed by atoms with E-state index in [1.165, 1.54) is 34.9 Å². The van der Waals surface area contributed by atoms with Gasteiger partial charge in [0.05, 0.1) is 29.5 Å². The average molecular weight is 640 g/mol. The summed E-state index contributed by atoms with van der Waals surface area (Å²) in [5.41, 5.74) is 1.22. The fraction of sp³-hybridized carbons (Fsp3) is 0.303. The lowest BCUT2D eigenvalue weighted by atomic mass is 10.1. The molecule has 47 heavy (non-hydrogen) atoms. The van der Waals surface area contributed by atoms with Gasteiger partial charge in [-0.3, -0.25) is 9.78 Å². The molecule has 8 bridgehead atoms. The number of hydrogen-bond acceptors (Lipinski definition) is 9. The van der Waals surface area contributed by atoms with Crippen LogP contribution >= 0.6 is 0 Å². The van der Waals surface area contributed by atoms with Gasteiger partial charge in [-0.2, -0.15) is 4.98 Å². The van der Waals surface area contributed by atoms with E-state index >= 15 is 8.78 Å². The molecule has 0 radical (unpaired) electrons. The Morgan fingerprint density at radius 1 is 1.13 bits per heavy atom. The van der Waals surface area contributed by atoms with E-state index in [4.69, 9.17) is 9.72 Å². The zero-order valence-corrected chi connectivity index (χ0v) is 26.0. The van der Waals surface area contributed by atoms with Crippen molar-refractivity contribution >= 4 is 22.8 Å². The minimum absolute atomic E-state index is 0.0485. The van der Waals surface area contributed by atoms with Crippen molar-refractivity contribution in [2.24, 2.45) is 0 Å². The molecule has 1 aromatic carbocycles. The van der Waals surface area contributed by atoms with Gasteiger partial charge in [0.15, 0.2) is 5.65 Å². The van der Waals surface area contributed by atoms with E-state index in [1.807, 2.05) is 31.7 Å². The molecule has 1 fully saturated rings. The third kappa shape index (κ3) is 5.38. The number of nitrogens with zero attached hydrogens (tertiary/aromatic N) is 9. The Bertz CT molecular complexity index is 2130. The van der Waals surface area contributed by atoms with Crippen molar-refractivity contribution in [2.75, 3.05) is 24.5 Å². The Kier molecular flexibility index (Phi) is 7.49. The molecule has 0 N–H and O–H groups in total. The van der Waals surface area contributed by atoms with Gasteiger partial charge in [-0.05, 0) is 54.8 Å². The van der Waals surface area contributed by atoms with E-state index in [0.717, 1.165) is 0 Å². The van der Waals surface area contributed by atoms with Crippen molar-refractivity contribution in [2.45, 2.75) is 45.9 Å². The maximum Gasteiger partial charge on any atom is 0.355 e. The molecule has 1 amide bonds. The number of fused-ring (bicyclic) bond motifs is 9. The minimum Gasteiger partial charge on any atom is -0.487 e. The summed E-state index contributed by atoms with van der Waals surface area (Å²) in [6, 6.07) is 6.75. The smallest absolute Gasteiger partial charge is 0.355 e. The van der Waals surface area contributed by atoms with Gasteiger partial charge >= 0.3 is 5.69 Å². The van der Waals surface area contributed by atoms with Gasteiger partial charge in [0.2, 0.25) is 5.91 Å². The number of halogens is 2. The van der Waals surface area contributed by atoms with Gasteiger partial charge in [-0.1, -0.05) is 25.6 Å². The molecule has 0 saturated carbocycles. The summed E-state index contributed by atoms with van der Waals surface area (Å²) in [6.07, 6.45) is 4.69. The lowest BCUT2D eigenvalue weighted by Gasteiger charge is -2.40. The van der Waals surface area contributed by atoms with Crippen LogP contribution < -0.4 is 15.3 Å². The summed E-state index contributed by atoms with van der Waals surface area (Å²) in [5, 5.41) is 8.62. The van der Waals surface area contributed by atoms with Crippen LogP contribution in [0.4, 0.5) is 14.6 Å². The first-order chi connectivity index (χ1) is 22.6. The van der Waals surface area contributed by atoms with Crippen molar-refractivity contribution in [3.8, 4) is 22.7 Å². The topological polar surface area (TPSA) is 124 Å². The molecule has 5 aromatic rings. The number of rotatable bonds is 3. The van der Waals surface area contributed by atoms with E-state index in [9.17, 15) is 9.59 Å². The molecular formula is C33H31F2N9O3. The summed E-state index contributed by atoms with van der Waals surface area (Å²) in [5.74, 6) is -1.36. The van der Waals surface area contributed by atoms with Crippen molar-refractivity contribution in [1.29, 1.82) is 0 Å². The second-order valence-corrected chi connectivity index (χ2v) is 12.0.